The van der Waals surface area contributed by atoms with Gasteiger partial charge in [-0.05, 0) is 41.8 Å². The van der Waals surface area contributed by atoms with Gasteiger partial charge in [-0.25, -0.2) is 0 Å². The molecule has 148 valence electrons. The Balaban J connectivity index is 1.98. The first kappa shape index (κ1) is 19.5. The summed E-state index contributed by atoms with van der Waals surface area (Å²) in [6.45, 7) is 0. The van der Waals surface area contributed by atoms with Crippen LogP contribution in [0.3, 0.4) is 0 Å². The first-order valence-electron chi connectivity index (χ1n) is 8.80. The largest absolute Gasteiger partial charge is 0.481 e. The van der Waals surface area contributed by atoms with Crippen molar-refractivity contribution in [3.05, 3.63) is 75.4 Å². The zero-order valence-corrected chi connectivity index (χ0v) is 17.2. The van der Waals surface area contributed by atoms with Crippen LogP contribution in [-0.2, 0) is 16.6 Å². The van der Waals surface area contributed by atoms with Crippen LogP contribution < -0.4 is 14.8 Å². The number of halogens is 2. The Bertz CT molecular complexity index is 1080. The molecule has 0 bridgehead atoms. The van der Waals surface area contributed by atoms with Crippen molar-refractivity contribution in [1.82, 2.24) is 9.97 Å². The fourth-order valence-corrected chi connectivity index (χ4v) is 4.02. The monoisotopic (exact) mass is 429 g/mol. The minimum atomic E-state index is -1.13. The Kier molecular flexibility index (Phi) is 5.06. The first-order chi connectivity index (χ1) is 14.0. The van der Waals surface area contributed by atoms with E-state index in [1.165, 1.54) is 14.2 Å². The van der Waals surface area contributed by atoms with E-state index < -0.39 is 5.41 Å². The molecule has 8 heteroatoms. The number of fused-ring (bicyclic) bond motifs is 1. The quantitative estimate of drug-likeness (QED) is 0.654. The molecule has 0 aliphatic carbocycles. The van der Waals surface area contributed by atoms with Crippen LogP contribution in [0.1, 0.15) is 16.8 Å². The third kappa shape index (κ3) is 3.39. The lowest BCUT2D eigenvalue weighted by Gasteiger charge is -2.27. The van der Waals surface area contributed by atoms with E-state index in [4.69, 9.17) is 32.7 Å². The molecule has 0 fully saturated rings. The molecular weight excluding hydrogens is 413 g/mol. The van der Waals surface area contributed by atoms with Crippen molar-refractivity contribution >= 4 is 34.8 Å². The molecular formula is C21H17Cl2N3O3. The molecule has 0 radical (unpaired) electrons. The van der Waals surface area contributed by atoms with Gasteiger partial charge in [0, 0.05) is 21.8 Å². The average Bonchev–Trinajstić information content (AvgIpc) is 2.98. The molecule has 1 aliphatic rings. The van der Waals surface area contributed by atoms with E-state index in [0.717, 1.165) is 11.1 Å². The fraction of sp³-hybridized carbons (Fsp3) is 0.190. The van der Waals surface area contributed by atoms with Gasteiger partial charge in [-0.2, -0.15) is 9.97 Å². The highest BCUT2D eigenvalue weighted by molar-refractivity contribution is 6.31. The number of hydrogen-bond donors (Lipinski definition) is 1. The molecule has 29 heavy (non-hydrogen) atoms. The van der Waals surface area contributed by atoms with Gasteiger partial charge < -0.3 is 14.8 Å². The van der Waals surface area contributed by atoms with Gasteiger partial charge in [-0.15, -0.1) is 0 Å². The Labute approximate surface area is 177 Å². The molecule has 1 aromatic heterocycles. The van der Waals surface area contributed by atoms with Crippen LogP contribution >= 0.6 is 23.2 Å². The van der Waals surface area contributed by atoms with Crippen LogP contribution in [0.2, 0.25) is 10.0 Å². The molecule has 0 saturated carbocycles. The Hall–Kier alpha value is -2.83. The number of ether oxygens (including phenoxy) is 2. The van der Waals surface area contributed by atoms with Crippen LogP contribution in [-0.4, -0.2) is 30.1 Å². The van der Waals surface area contributed by atoms with Crippen LogP contribution in [0.4, 0.5) is 5.69 Å². The molecule has 1 amide bonds. The molecule has 3 aromatic rings. The highest BCUT2D eigenvalue weighted by Gasteiger charge is 2.50. The van der Waals surface area contributed by atoms with Crippen LogP contribution in [0.5, 0.6) is 11.9 Å². The summed E-state index contributed by atoms with van der Waals surface area (Å²) in [6, 6.07) is 14.5. The van der Waals surface area contributed by atoms with Gasteiger partial charge in [0.2, 0.25) is 11.8 Å². The summed E-state index contributed by atoms with van der Waals surface area (Å²) in [5.74, 6) is 0.0741. The van der Waals surface area contributed by atoms with Crippen molar-refractivity contribution in [2.45, 2.75) is 11.8 Å². The SMILES string of the molecule is COc1cc(C2(Cc3cccc(Cl)c3)C(=O)Nc3cc(Cl)ccc32)nc(OC)n1. The number of aromatic nitrogens is 2. The van der Waals surface area contributed by atoms with Crippen molar-refractivity contribution < 1.29 is 14.3 Å². The minimum absolute atomic E-state index is 0.111. The van der Waals surface area contributed by atoms with Crippen molar-refractivity contribution in [1.29, 1.82) is 0 Å². The molecule has 0 spiro atoms. The van der Waals surface area contributed by atoms with E-state index in [0.29, 0.717) is 33.7 Å². The van der Waals surface area contributed by atoms with Gasteiger partial charge in [-0.1, -0.05) is 41.4 Å². The highest BCUT2D eigenvalue weighted by Crippen LogP contribution is 2.46. The van der Waals surface area contributed by atoms with E-state index in [9.17, 15) is 4.79 Å². The van der Waals surface area contributed by atoms with Gasteiger partial charge in [0.15, 0.2) is 0 Å². The second-order valence-corrected chi connectivity index (χ2v) is 7.51. The Morgan fingerprint density at radius 1 is 1.00 bits per heavy atom. The van der Waals surface area contributed by atoms with E-state index in [1.807, 2.05) is 24.3 Å². The van der Waals surface area contributed by atoms with Gasteiger partial charge in [0.05, 0.1) is 19.9 Å². The second kappa shape index (κ2) is 7.54. The maximum atomic E-state index is 13.4. The molecule has 4 rings (SSSR count). The lowest BCUT2D eigenvalue weighted by Crippen LogP contribution is -2.39. The second-order valence-electron chi connectivity index (χ2n) is 6.64. The van der Waals surface area contributed by atoms with E-state index in [-0.39, 0.29) is 11.9 Å². The summed E-state index contributed by atoms with van der Waals surface area (Å²) in [4.78, 5) is 22.1. The summed E-state index contributed by atoms with van der Waals surface area (Å²) >= 11 is 12.3. The number of nitrogens with zero attached hydrogens (tertiary/aromatic N) is 2. The Morgan fingerprint density at radius 2 is 1.79 bits per heavy atom. The number of anilines is 1. The van der Waals surface area contributed by atoms with Crippen molar-refractivity contribution in [2.75, 3.05) is 19.5 Å². The van der Waals surface area contributed by atoms with Crippen molar-refractivity contribution in [3.63, 3.8) is 0 Å². The minimum Gasteiger partial charge on any atom is -0.481 e. The standard InChI is InChI=1S/C21H17Cl2N3O3/c1-28-18-10-17(25-20(26-18)29-2)21(11-12-4-3-5-13(22)8-12)15-7-6-14(23)9-16(15)24-19(21)27/h3-10H,11H2,1-2H3,(H,24,27). The van der Waals surface area contributed by atoms with Crippen LogP contribution in [0, 0.1) is 0 Å². The van der Waals surface area contributed by atoms with E-state index >= 15 is 0 Å². The number of benzene rings is 2. The van der Waals surface area contributed by atoms with Crippen LogP contribution in [0.15, 0.2) is 48.5 Å². The number of carbonyl (C=O) groups excluding carboxylic acids is 1. The van der Waals surface area contributed by atoms with Gasteiger partial charge >= 0.3 is 6.01 Å². The molecule has 2 heterocycles. The number of hydrogen-bond acceptors (Lipinski definition) is 5. The zero-order valence-electron chi connectivity index (χ0n) is 15.7. The van der Waals surface area contributed by atoms with Crippen LogP contribution in [0.25, 0.3) is 0 Å². The first-order valence-corrected chi connectivity index (χ1v) is 9.55. The number of carbonyl (C=O) groups is 1. The number of methoxy groups -OCH3 is 2. The average molecular weight is 430 g/mol. The fourth-order valence-electron chi connectivity index (χ4n) is 3.64. The molecule has 1 unspecified atom stereocenters. The smallest absolute Gasteiger partial charge is 0.319 e. The maximum Gasteiger partial charge on any atom is 0.319 e. The number of amides is 1. The van der Waals surface area contributed by atoms with Gasteiger partial charge in [0.25, 0.3) is 0 Å². The maximum absolute atomic E-state index is 13.4. The van der Waals surface area contributed by atoms with E-state index in [2.05, 4.69) is 15.3 Å². The normalized spacial score (nSPS) is 17.6. The lowest BCUT2D eigenvalue weighted by molar-refractivity contribution is -0.119. The third-order valence-electron chi connectivity index (χ3n) is 4.95. The predicted molar refractivity (Wildman–Crippen MR) is 111 cm³/mol. The molecule has 2 aromatic carbocycles. The topological polar surface area (TPSA) is 73.3 Å². The lowest BCUT2D eigenvalue weighted by atomic mass is 9.73. The predicted octanol–water partition coefficient (Wildman–Crippen LogP) is 4.28. The van der Waals surface area contributed by atoms with Crippen molar-refractivity contribution in [3.8, 4) is 11.9 Å². The number of nitrogens with one attached hydrogen (secondary N) is 1. The summed E-state index contributed by atoms with van der Waals surface area (Å²) in [5, 5.41) is 4.06. The third-order valence-corrected chi connectivity index (χ3v) is 5.42. The summed E-state index contributed by atoms with van der Waals surface area (Å²) in [5.41, 5.74) is 1.61. The summed E-state index contributed by atoms with van der Waals surface area (Å²) in [7, 11) is 2.96. The molecule has 1 N–H and O–H groups in total. The van der Waals surface area contributed by atoms with E-state index in [1.54, 1.807) is 24.3 Å². The molecule has 6 nitrogen and oxygen atoms in total. The van der Waals surface area contributed by atoms with Crippen molar-refractivity contribution in [2.24, 2.45) is 0 Å². The van der Waals surface area contributed by atoms with Gasteiger partial charge in [-0.3, -0.25) is 4.79 Å². The summed E-state index contributed by atoms with van der Waals surface area (Å²) in [6.07, 6.45) is 0.331. The molecule has 0 saturated heterocycles. The Morgan fingerprint density at radius 3 is 2.52 bits per heavy atom. The highest BCUT2D eigenvalue weighted by atomic mass is 35.5. The van der Waals surface area contributed by atoms with Gasteiger partial charge in [0.1, 0.15) is 5.41 Å². The number of rotatable bonds is 5. The molecule has 1 atom stereocenters. The molecule has 1 aliphatic heterocycles. The summed E-state index contributed by atoms with van der Waals surface area (Å²) < 4.78 is 10.5. The zero-order chi connectivity index (χ0) is 20.6.